The molecule has 1 fully saturated rings. The predicted molar refractivity (Wildman–Crippen MR) is 72.2 cm³/mol. The van der Waals surface area contributed by atoms with Crippen molar-refractivity contribution in [1.82, 2.24) is 15.1 Å². The van der Waals surface area contributed by atoms with Crippen LogP contribution in [0.2, 0.25) is 0 Å². The van der Waals surface area contributed by atoms with E-state index in [0.29, 0.717) is 6.54 Å². The smallest absolute Gasteiger partial charge is 0.236 e. The summed E-state index contributed by atoms with van der Waals surface area (Å²) >= 11 is 0. The first-order valence-corrected chi connectivity index (χ1v) is 6.37. The summed E-state index contributed by atoms with van der Waals surface area (Å²) in [7, 11) is 3.82. The molecule has 1 N–H and O–H groups in total. The molecule has 0 radical (unpaired) electrons. The molecule has 1 aliphatic heterocycles. The molecule has 1 heterocycles. The van der Waals surface area contributed by atoms with Gasteiger partial charge < -0.3 is 10.2 Å². The van der Waals surface area contributed by atoms with Crippen LogP contribution in [0.3, 0.4) is 0 Å². The van der Waals surface area contributed by atoms with Gasteiger partial charge in [-0.1, -0.05) is 30.3 Å². The number of nitrogens with one attached hydrogen (secondary N) is 1. The largest absolute Gasteiger partial charge is 0.339 e. The van der Waals surface area contributed by atoms with E-state index < -0.39 is 0 Å². The summed E-state index contributed by atoms with van der Waals surface area (Å²) in [6, 6.07) is 10.6. The molecule has 2 rings (SSSR count). The molecular formula is C14H21N3O. The van der Waals surface area contributed by atoms with Crippen LogP contribution in [-0.4, -0.2) is 55.5 Å². The number of nitrogens with zero attached hydrogens (tertiary/aromatic N) is 2. The summed E-state index contributed by atoms with van der Waals surface area (Å²) in [5.41, 5.74) is 1.26. The molecule has 1 amide bonds. The molecule has 4 heteroatoms. The van der Waals surface area contributed by atoms with Crippen LogP contribution in [0.15, 0.2) is 30.3 Å². The number of carbonyl (C=O) groups excluding carboxylic acids is 1. The lowest BCUT2D eigenvalue weighted by Gasteiger charge is -2.39. The van der Waals surface area contributed by atoms with Crippen molar-refractivity contribution in [2.45, 2.75) is 12.6 Å². The fraction of sp³-hybridized carbons (Fsp3) is 0.500. The van der Waals surface area contributed by atoms with Crippen molar-refractivity contribution in [3.63, 3.8) is 0 Å². The second-order valence-electron chi connectivity index (χ2n) is 4.87. The Labute approximate surface area is 109 Å². The molecule has 1 aromatic carbocycles. The second kappa shape index (κ2) is 5.98. The van der Waals surface area contributed by atoms with Crippen LogP contribution in [0.25, 0.3) is 0 Å². The van der Waals surface area contributed by atoms with Gasteiger partial charge in [-0.3, -0.25) is 9.69 Å². The number of hydrogen-bond acceptors (Lipinski definition) is 3. The lowest BCUT2D eigenvalue weighted by molar-refractivity contribution is -0.138. The molecule has 1 aliphatic rings. The van der Waals surface area contributed by atoms with E-state index in [9.17, 15) is 4.79 Å². The van der Waals surface area contributed by atoms with E-state index in [2.05, 4.69) is 22.3 Å². The molecule has 0 aromatic heterocycles. The van der Waals surface area contributed by atoms with Gasteiger partial charge >= 0.3 is 0 Å². The van der Waals surface area contributed by atoms with Crippen LogP contribution in [0, 0.1) is 0 Å². The van der Waals surface area contributed by atoms with Gasteiger partial charge in [0, 0.05) is 26.7 Å². The summed E-state index contributed by atoms with van der Waals surface area (Å²) in [6.45, 7) is 3.14. The minimum absolute atomic E-state index is 0.206. The number of hydrogen-bond donors (Lipinski definition) is 1. The Morgan fingerprint density at radius 2 is 2.06 bits per heavy atom. The van der Waals surface area contributed by atoms with Crippen molar-refractivity contribution < 1.29 is 4.79 Å². The van der Waals surface area contributed by atoms with E-state index >= 15 is 0 Å². The number of benzene rings is 1. The van der Waals surface area contributed by atoms with Crippen molar-refractivity contribution >= 4 is 5.91 Å². The Kier molecular flexibility index (Phi) is 4.33. The zero-order valence-electron chi connectivity index (χ0n) is 11.1. The predicted octanol–water partition coefficient (Wildman–Crippen LogP) is 0.549. The lowest BCUT2D eigenvalue weighted by atomic mass is 10.1. The average Bonchev–Trinajstić information content (AvgIpc) is 2.37. The van der Waals surface area contributed by atoms with Gasteiger partial charge in [-0.05, 0) is 12.6 Å². The molecule has 4 nitrogen and oxygen atoms in total. The SMILES string of the molecule is CNCC1CN(Cc2ccccc2)CC(=O)N1C. The standard InChI is InChI=1S/C14H21N3O/c1-15-8-13-10-17(11-14(18)16(13)2)9-12-6-4-3-5-7-12/h3-7,13,15H,8-11H2,1-2H3. The fourth-order valence-electron chi connectivity index (χ4n) is 2.39. The molecule has 0 aliphatic carbocycles. The zero-order chi connectivity index (χ0) is 13.0. The highest BCUT2D eigenvalue weighted by molar-refractivity contribution is 5.79. The van der Waals surface area contributed by atoms with Gasteiger partial charge in [0.15, 0.2) is 0 Å². The van der Waals surface area contributed by atoms with E-state index in [1.165, 1.54) is 5.56 Å². The van der Waals surface area contributed by atoms with Crippen LogP contribution >= 0.6 is 0 Å². The molecule has 1 aromatic rings. The first-order valence-electron chi connectivity index (χ1n) is 6.37. The Morgan fingerprint density at radius 1 is 1.33 bits per heavy atom. The molecule has 98 valence electrons. The number of carbonyl (C=O) groups is 1. The monoisotopic (exact) mass is 247 g/mol. The van der Waals surface area contributed by atoms with Gasteiger partial charge in [-0.2, -0.15) is 0 Å². The van der Waals surface area contributed by atoms with E-state index in [0.717, 1.165) is 19.6 Å². The molecule has 1 unspecified atom stereocenters. The van der Waals surface area contributed by atoms with Crippen LogP contribution in [-0.2, 0) is 11.3 Å². The zero-order valence-corrected chi connectivity index (χ0v) is 11.1. The maximum atomic E-state index is 11.9. The molecule has 1 atom stereocenters. The van der Waals surface area contributed by atoms with Crippen molar-refractivity contribution in [3.8, 4) is 0 Å². The molecule has 1 saturated heterocycles. The van der Waals surface area contributed by atoms with Gasteiger partial charge in [0.1, 0.15) is 0 Å². The Hall–Kier alpha value is -1.39. The summed E-state index contributed by atoms with van der Waals surface area (Å²) in [5.74, 6) is 0.206. The maximum Gasteiger partial charge on any atom is 0.236 e. The van der Waals surface area contributed by atoms with Crippen molar-refractivity contribution in [1.29, 1.82) is 0 Å². The highest BCUT2D eigenvalue weighted by Crippen LogP contribution is 2.12. The molecular weight excluding hydrogens is 226 g/mol. The molecule has 0 saturated carbocycles. The van der Waals surface area contributed by atoms with Gasteiger partial charge in [-0.25, -0.2) is 0 Å². The topological polar surface area (TPSA) is 35.6 Å². The fourth-order valence-corrected chi connectivity index (χ4v) is 2.39. The number of rotatable bonds is 4. The van der Waals surface area contributed by atoms with Gasteiger partial charge in [-0.15, -0.1) is 0 Å². The number of likely N-dealkylation sites (N-methyl/N-ethyl adjacent to an activating group) is 2. The van der Waals surface area contributed by atoms with Gasteiger partial charge in [0.2, 0.25) is 5.91 Å². The van der Waals surface area contributed by atoms with Crippen LogP contribution in [0.1, 0.15) is 5.56 Å². The third kappa shape index (κ3) is 3.09. The average molecular weight is 247 g/mol. The second-order valence-corrected chi connectivity index (χ2v) is 4.87. The first kappa shape index (κ1) is 13.1. The summed E-state index contributed by atoms with van der Waals surface area (Å²) in [5, 5.41) is 3.15. The summed E-state index contributed by atoms with van der Waals surface area (Å²) in [6.07, 6.45) is 0. The minimum atomic E-state index is 0.206. The Balaban J connectivity index is 1.99. The van der Waals surface area contributed by atoms with E-state index in [4.69, 9.17) is 0 Å². The van der Waals surface area contributed by atoms with Crippen LogP contribution in [0.5, 0.6) is 0 Å². The van der Waals surface area contributed by atoms with Crippen LogP contribution in [0.4, 0.5) is 0 Å². The van der Waals surface area contributed by atoms with Crippen molar-refractivity contribution in [3.05, 3.63) is 35.9 Å². The highest BCUT2D eigenvalue weighted by Gasteiger charge is 2.29. The number of amides is 1. The molecule has 18 heavy (non-hydrogen) atoms. The van der Waals surface area contributed by atoms with Gasteiger partial charge in [0.25, 0.3) is 0 Å². The molecule has 0 spiro atoms. The lowest BCUT2D eigenvalue weighted by Crippen LogP contribution is -2.57. The third-order valence-corrected chi connectivity index (χ3v) is 3.46. The first-order chi connectivity index (χ1) is 8.70. The van der Waals surface area contributed by atoms with Gasteiger partial charge in [0.05, 0.1) is 12.6 Å². The van der Waals surface area contributed by atoms with Crippen molar-refractivity contribution in [2.24, 2.45) is 0 Å². The molecule has 0 bridgehead atoms. The highest BCUT2D eigenvalue weighted by atomic mass is 16.2. The van der Waals surface area contributed by atoms with E-state index in [-0.39, 0.29) is 11.9 Å². The van der Waals surface area contributed by atoms with Crippen LogP contribution < -0.4 is 5.32 Å². The normalized spacial score (nSPS) is 21.3. The van der Waals surface area contributed by atoms with E-state index in [1.54, 1.807) is 0 Å². The quantitative estimate of drug-likeness (QED) is 0.844. The summed E-state index contributed by atoms with van der Waals surface area (Å²) in [4.78, 5) is 16.0. The van der Waals surface area contributed by atoms with E-state index in [1.807, 2.05) is 37.2 Å². The number of piperazine rings is 1. The minimum Gasteiger partial charge on any atom is -0.339 e. The Morgan fingerprint density at radius 3 is 2.72 bits per heavy atom. The third-order valence-electron chi connectivity index (χ3n) is 3.46. The van der Waals surface area contributed by atoms with Crippen molar-refractivity contribution in [2.75, 3.05) is 33.7 Å². The maximum absolute atomic E-state index is 11.9. The summed E-state index contributed by atoms with van der Waals surface area (Å²) < 4.78 is 0. The Bertz CT molecular complexity index is 393.